The van der Waals surface area contributed by atoms with E-state index >= 15 is 0 Å². The molecule has 2 fully saturated rings. The van der Waals surface area contributed by atoms with Crippen LogP contribution in [-0.4, -0.2) is 58.5 Å². The summed E-state index contributed by atoms with van der Waals surface area (Å²) in [6.45, 7) is 9.74. The normalized spacial score (nSPS) is 28.6. The highest BCUT2D eigenvalue weighted by Gasteiger charge is 2.40. The second kappa shape index (κ2) is 5.72. The largest absolute Gasteiger partial charge is 0.481 e. The zero-order chi connectivity index (χ0) is 14.9. The van der Waals surface area contributed by atoms with Crippen molar-refractivity contribution < 1.29 is 14.7 Å². The second-order valence-electron chi connectivity index (χ2n) is 6.97. The van der Waals surface area contributed by atoms with Gasteiger partial charge in [0.15, 0.2) is 0 Å². The van der Waals surface area contributed by atoms with Crippen LogP contribution in [0.3, 0.4) is 0 Å². The molecule has 20 heavy (non-hydrogen) atoms. The van der Waals surface area contributed by atoms with Crippen molar-refractivity contribution in [2.24, 2.45) is 11.8 Å². The summed E-state index contributed by atoms with van der Waals surface area (Å²) in [4.78, 5) is 28.0. The van der Waals surface area contributed by atoms with Gasteiger partial charge in [-0.05, 0) is 33.6 Å². The molecule has 1 saturated carbocycles. The van der Waals surface area contributed by atoms with Gasteiger partial charge in [-0.2, -0.15) is 0 Å². The molecule has 5 heteroatoms. The first-order chi connectivity index (χ1) is 9.30. The summed E-state index contributed by atoms with van der Waals surface area (Å²) in [6.07, 6.45) is 2.23. The van der Waals surface area contributed by atoms with Crippen molar-refractivity contribution in [3.8, 4) is 0 Å². The number of rotatable bonds is 2. The number of nitrogens with zero attached hydrogens (tertiary/aromatic N) is 2. The van der Waals surface area contributed by atoms with Gasteiger partial charge in [0.1, 0.15) is 0 Å². The molecular formula is C15H26N2O3. The zero-order valence-corrected chi connectivity index (χ0v) is 12.8. The monoisotopic (exact) mass is 282 g/mol. The Bertz CT molecular complexity index is 381. The van der Waals surface area contributed by atoms with E-state index in [2.05, 4.69) is 25.7 Å². The lowest BCUT2D eigenvalue weighted by Gasteiger charge is -2.43. The summed E-state index contributed by atoms with van der Waals surface area (Å²) in [6, 6.07) is 0. The molecule has 2 atom stereocenters. The maximum absolute atomic E-state index is 12.5. The molecule has 1 N–H and O–H groups in total. The average molecular weight is 282 g/mol. The SMILES string of the molecule is CC(C)(C)N1CCN(C(=O)C2CCCC2C(=O)O)CC1. The molecular weight excluding hydrogens is 256 g/mol. The smallest absolute Gasteiger partial charge is 0.307 e. The van der Waals surface area contributed by atoms with E-state index in [0.29, 0.717) is 6.42 Å². The third-order valence-electron chi connectivity index (χ3n) is 4.69. The van der Waals surface area contributed by atoms with Crippen molar-refractivity contribution >= 4 is 11.9 Å². The molecule has 5 nitrogen and oxygen atoms in total. The van der Waals surface area contributed by atoms with E-state index in [-0.39, 0.29) is 17.4 Å². The minimum atomic E-state index is -0.811. The van der Waals surface area contributed by atoms with E-state index in [1.165, 1.54) is 0 Å². The van der Waals surface area contributed by atoms with Crippen LogP contribution in [0.15, 0.2) is 0 Å². The fraction of sp³-hybridized carbons (Fsp3) is 0.867. The average Bonchev–Trinajstić information content (AvgIpc) is 2.86. The number of hydrogen-bond donors (Lipinski definition) is 1. The van der Waals surface area contributed by atoms with Crippen molar-refractivity contribution in [2.45, 2.75) is 45.6 Å². The van der Waals surface area contributed by atoms with Gasteiger partial charge in [-0.1, -0.05) is 6.42 Å². The van der Waals surface area contributed by atoms with Gasteiger partial charge in [-0.15, -0.1) is 0 Å². The molecule has 0 aromatic heterocycles. The highest BCUT2D eigenvalue weighted by Crippen LogP contribution is 2.33. The summed E-state index contributed by atoms with van der Waals surface area (Å²) in [7, 11) is 0. The Labute approximate surface area is 120 Å². The van der Waals surface area contributed by atoms with Gasteiger partial charge >= 0.3 is 5.97 Å². The van der Waals surface area contributed by atoms with E-state index in [1.807, 2.05) is 4.90 Å². The quantitative estimate of drug-likeness (QED) is 0.832. The standard InChI is InChI=1S/C15H26N2O3/c1-15(2,3)17-9-7-16(8-10-17)13(18)11-5-4-6-12(11)14(19)20/h11-12H,4-10H2,1-3H3,(H,19,20). The first-order valence-electron chi connectivity index (χ1n) is 7.57. The van der Waals surface area contributed by atoms with Crippen molar-refractivity contribution in [1.82, 2.24) is 9.80 Å². The van der Waals surface area contributed by atoms with E-state index in [9.17, 15) is 14.7 Å². The predicted molar refractivity (Wildman–Crippen MR) is 76.4 cm³/mol. The van der Waals surface area contributed by atoms with Crippen LogP contribution in [0.1, 0.15) is 40.0 Å². The van der Waals surface area contributed by atoms with E-state index < -0.39 is 11.9 Å². The number of amides is 1. The number of piperazine rings is 1. The maximum atomic E-state index is 12.5. The van der Waals surface area contributed by atoms with Crippen molar-refractivity contribution in [3.05, 3.63) is 0 Å². The number of hydrogen-bond acceptors (Lipinski definition) is 3. The molecule has 1 aliphatic heterocycles. The van der Waals surface area contributed by atoms with E-state index in [0.717, 1.165) is 39.0 Å². The molecule has 1 saturated heterocycles. The fourth-order valence-electron chi connectivity index (χ4n) is 3.38. The molecule has 0 aromatic carbocycles. The highest BCUT2D eigenvalue weighted by molar-refractivity contribution is 5.85. The number of aliphatic carboxylic acids is 1. The lowest BCUT2D eigenvalue weighted by molar-refractivity contribution is -0.150. The Morgan fingerprint density at radius 1 is 1.00 bits per heavy atom. The number of carbonyl (C=O) groups excluding carboxylic acids is 1. The Morgan fingerprint density at radius 2 is 1.55 bits per heavy atom. The molecule has 0 aromatic rings. The molecule has 2 rings (SSSR count). The van der Waals surface area contributed by atoms with Crippen LogP contribution < -0.4 is 0 Å². The first kappa shape index (κ1) is 15.3. The van der Waals surface area contributed by atoms with Crippen LogP contribution in [0.5, 0.6) is 0 Å². The minimum Gasteiger partial charge on any atom is -0.481 e. The molecule has 1 amide bonds. The summed E-state index contributed by atoms with van der Waals surface area (Å²) >= 11 is 0. The molecule has 1 aliphatic carbocycles. The summed E-state index contributed by atoms with van der Waals surface area (Å²) in [5, 5.41) is 9.20. The van der Waals surface area contributed by atoms with Gasteiger partial charge in [-0.3, -0.25) is 14.5 Å². The van der Waals surface area contributed by atoms with Crippen LogP contribution in [0.2, 0.25) is 0 Å². The molecule has 0 radical (unpaired) electrons. The second-order valence-corrected chi connectivity index (χ2v) is 6.97. The van der Waals surface area contributed by atoms with Crippen molar-refractivity contribution in [1.29, 1.82) is 0 Å². The van der Waals surface area contributed by atoms with Gasteiger partial charge < -0.3 is 10.0 Å². The summed E-state index contributed by atoms with van der Waals surface area (Å²) in [5.74, 6) is -1.52. The third kappa shape index (κ3) is 3.14. The molecule has 1 heterocycles. The lowest BCUT2D eigenvalue weighted by Crippen LogP contribution is -2.55. The first-order valence-corrected chi connectivity index (χ1v) is 7.57. The number of carboxylic acids is 1. The van der Waals surface area contributed by atoms with E-state index in [4.69, 9.17) is 0 Å². The Balaban J connectivity index is 1.93. The molecule has 114 valence electrons. The van der Waals surface area contributed by atoms with Gasteiger partial charge in [0.05, 0.1) is 11.8 Å². The van der Waals surface area contributed by atoms with Crippen LogP contribution in [-0.2, 0) is 9.59 Å². The van der Waals surface area contributed by atoms with Gasteiger partial charge in [0, 0.05) is 31.7 Å². The van der Waals surface area contributed by atoms with E-state index in [1.54, 1.807) is 0 Å². The van der Waals surface area contributed by atoms with Crippen LogP contribution in [0.4, 0.5) is 0 Å². The maximum Gasteiger partial charge on any atom is 0.307 e. The van der Waals surface area contributed by atoms with Gasteiger partial charge in [0.2, 0.25) is 5.91 Å². The fourth-order valence-corrected chi connectivity index (χ4v) is 3.38. The molecule has 2 aliphatic rings. The summed E-state index contributed by atoms with van der Waals surface area (Å²) < 4.78 is 0. The minimum absolute atomic E-state index is 0.0588. The topological polar surface area (TPSA) is 60.9 Å². The Morgan fingerprint density at radius 3 is 2.05 bits per heavy atom. The predicted octanol–water partition coefficient (Wildman–Crippen LogP) is 1.43. The molecule has 0 bridgehead atoms. The lowest BCUT2D eigenvalue weighted by atomic mass is 9.94. The summed E-state index contributed by atoms with van der Waals surface area (Å²) in [5.41, 5.74) is 0.131. The number of carbonyl (C=O) groups is 2. The number of carboxylic acid groups (broad SMARTS) is 1. The highest BCUT2D eigenvalue weighted by atomic mass is 16.4. The van der Waals surface area contributed by atoms with Gasteiger partial charge in [-0.25, -0.2) is 0 Å². The zero-order valence-electron chi connectivity index (χ0n) is 12.8. The Hall–Kier alpha value is -1.10. The van der Waals surface area contributed by atoms with Gasteiger partial charge in [0.25, 0.3) is 0 Å². The van der Waals surface area contributed by atoms with Crippen molar-refractivity contribution in [3.63, 3.8) is 0 Å². The Kier molecular flexibility index (Phi) is 4.37. The third-order valence-corrected chi connectivity index (χ3v) is 4.69. The van der Waals surface area contributed by atoms with Crippen LogP contribution in [0, 0.1) is 11.8 Å². The van der Waals surface area contributed by atoms with Crippen LogP contribution in [0.25, 0.3) is 0 Å². The van der Waals surface area contributed by atoms with Crippen LogP contribution >= 0.6 is 0 Å². The molecule has 0 spiro atoms. The molecule has 2 unspecified atom stereocenters. The van der Waals surface area contributed by atoms with Crippen molar-refractivity contribution in [2.75, 3.05) is 26.2 Å².